The molecule has 1 aromatic carbocycles. The summed E-state index contributed by atoms with van der Waals surface area (Å²) in [6.07, 6.45) is 5.12. The minimum Gasteiger partial charge on any atom is -0.319 e. The van der Waals surface area contributed by atoms with Crippen molar-refractivity contribution in [3.63, 3.8) is 0 Å². The lowest BCUT2D eigenvalue weighted by atomic mass is 10.2. The van der Waals surface area contributed by atoms with Gasteiger partial charge in [0.1, 0.15) is 10.7 Å². The van der Waals surface area contributed by atoms with Gasteiger partial charge >= 0.3 is 0 Å². The lowest BCUT2D eigenvalue weighted by molar-refractivity contribution is 0.102. The molecular formula is C18H12N4OS. The van der Waals surface area contributed by atoms with Gasteiger partial charge in [0.15, 0.2) is 0 Å². The Bertz CT molecular complexity index is 1010. The third kappa shape index (κ3) is 2.75. The smallest absolute Gasteiger partial charge is 0.275 e. The van der Waals surface area contributed by atoms with Crippen LogP contribution in [0.1, 0.15) is 10.5 Å². The van der Waals surface area contributed by atoms with Gasteiger partial charge in [0, 0.05) is 34.9 Å². The Balaban J connectivity index is 1.62. The van der Waals surface area contributed by atoms with E-state index in [0.29, 0.717) is 11.4 Å². The summed E-state index contributed by atoms with van der Waals surface area (Å²) in [6, 6.07) is 13.3. The summed E-state index contributed by atoms with van der Waals surface area (Å²) < 4.78 is 0. The number of hydrogen-bond acceptors (Lipinski definition) is 5. The predicted octanol–water partition coefficient (Wildman–Crippen LogP) is 4.01. The number of thiazole rings is 1. The number of amides is 1. The standard InChI is InChI=1S/C18H12N4OS/c23-17(15-11-24-18(22-15)13-6-9-19-10-7-13)21-14-5-1-3-12-4-2-8-20-16(12)14/h1-11H,(H,21,23). The molecular weight excluding hydrogens is 320 g/mol. The largest absolute Gasteiger partial charge is 0.319 e. The van der Waals surface area contributed by atoms with E-state index in [9.17, 15) is 4.79 Å². The normalized spacial score (nSPS) is 10.7. The topological polar surface area (TPSA) is 67.8 Å². The van der Waals surface area contributed by atoms with E-state index in [0.717, 1.165) is 21.5 Å². The molecule has 0 saturated carbocycles. The van der Waals surface area contributed by atoms with Crippen molar-refractivity contribution in [1.29, 1.82) is 0 Å². The van der Waals surface area contributed by atoms with E-state index in [2.05, 4.69) is 20.3 Å². The van der Waals surface area contributed by atoms with Gasteiger partial charge in [0.25, 0.3) is 5.91 Å². The Morgan fingerprint density at radius 3 is 2.71 bits per heavy atom. The molecule has 0 aliphatic heterocycles. The molecule has 0 aliphatic rings. The highest BCUT2D eigenvalue weighted by Gasteiger charge is 2.13. The van der Waals surface area contributed by atoms with Crippen LogP contribution in [0.3, 0.4) is 0 Å². The second-order valence-corrected chi connectivity index (χ2v) is 5.97. The Morgan fingerprint density at radius 2 is 1.83 bits per heavy atom. The third-order valence-corrected chi connectivity index (χ3v) is 4.44. The maximum atomic E-state index is 12.5. The summed E-state index contributed by atoms with van der Waals surface area (Å²) >= 11 is 1.43. The van der Waals surface area contributed by atoms with Crippen LogP contribution < -0.4 is 5.32 Å². The van der Waals surface area contributed by atoms with E-state index in [4.69, 9.17) is 0 Å². The molecule has 6 heteroatoms. The molecule has 3 heterocycles. The molecule has 0 radical (unpaired) electrons. The van der Waals surface area contributed by atoms with Crippen LogP contribution in [0, 0.1) is 0 Å². The molecule has 5 nitrogen and oxygen atoms in total. The van der Waals surface area contributed by atoms with Gasteiger partial charge in [-0.2, -0.15) is 0 Å². The number of nitrogens with one attached hydrogen (secondary N) is 1. The molecule has 0 fully saturated rings. The number of carbonyl (C=O) groups excluding carboxylic acids is 1. The van der Waals surface area contributed by atoms with Gasteiger partial charge in [-0.1, -0.05) is 18.2 Å². The van der Waals surface area contributed by atoms with E-state index in [1.54, 1.807) is 24.0 Å². The van der Waals surface area contributed by atoms with Crippen molar-refractivity contribution in [2.75, 3.05) is 5.32 Å². The Morgan fingerprint density at radius 1 is 1.00 bits per heavy atom. The van der Waals surface area contributed by atoms with Gasteiger partial charge in [-0.15, -0.1) is 11.3 Å². The monoisotopic (exact) mass is 332 g/mol. The molecule has 116 valence electrons. The molecule has 1 amide bonds. The minimum atomic E-state index is -0.246. The average molecular weight is 332 g/mol. The van der Waals surface area contributed by atoms with E-state index in [1.807, 2.05) is 42.5 Å². The number of fused-ring (bicyclic) bond motifs is 1. The maximum Gasteiger partial charge on any atom is 0.275 e. The van der Waals surface area contributed by atoms with Crippen molar-refractivity contribution in [2.24, 2.45) is 0 Å². The van der Waals surface area contributed by atoms with Crippen LogP contribution in [-0.2, 0) is 0 Å². The third-order valence-electron chi connectivity index (χ3n) is 3.55. The highest BCUT2D eigenvalue weighted by atomic mass is 32.1. The van der Waals surface area contributed by atoms with Crippen LogP contribution in [0.4, 0.5) is 5.69 Å². The van der Waals surface area contributed by atoms with Gasteiger partial charge in [-0.25, -0.2) is 4.98 Å². The highest BCUT2D eigenvalue weighted by molar-refractivity contribution is 7.13. The average Bonchev–Trinajstić information content (AvgIpc) is 3.13. The number of anilines is 1. The lowest BCUT2D eigenvalue weighted by Gasteiger charge is -2.06. The van der Waals surface area contributed by atoms with E-state index in [-0.39, 0.29) is 5.91 Å². The van der Waals surface area contributed by atoms with Gasteiger partial charge in [0.2, 0.25) is 0 Å². The lowest BCUT2D eigenvalue weighted by Crippen LogP contribution is -2.12. The quantitative estimate of drug-likeness (QED) is 0.615. The summed E-state index contributed by atoms with van der Waals surface area (Å²) in [5.74, 6) is -0.246. The fourth-order valence-electron chi connectivity index (χ4n) is 2.40. The molecule has 0 unspecified atom stereocenters. The first-order valence-corrected chi connectivity index (χ1v) is 8.20. The molecule has 24 heavy (non-hydrogen) atoms. The summed E-state index contributed by atoms with van der Waals surface area (Å²) in [5.41, 5.74) is 2.77. The molecule has 1 N–H and O–H groups in total. The van der Waals surface area contributed by atoms with Crippen LogP contribution in [0.5, 0.6) is 0 Å². The molecule has 4 rings (SSSR count). The Hall–Kier alpha value is -3.12. The van der Waals surface area contributed by atoms with E-state index in [1.165, 1.54) is 11.3 Å². The zero-order chi connectivity index (χ0) is 16.4. The molecule has 0 bridgehead atoms. The first-order valence-electron chi connectivity index (χ1n) is 7.32. The number of rotatable bonds is 3. The number of benzene rings is 1. The fraction of sp³-hybridized carbons (Fsp3) is 0. The van der Waals surface area contributed by atoms with Crippen molar-refractivity contribution < 1.29 is 4.79 Å². The van der Waals surface area contributed by atoms with Crippen LogP contribution in [0.15, 0.2) is 66.4 Å². The molecule has 0 aliphatic carbocycles. The summed E-state index contributed by atoms with van der Waals surface area (Å²) in [6.45, 7) is 0. The van der Waals surface area contributed by atoms with Gasteiger partial charge < -0.3 is 5.32 Å². The summed E-state index contributed by atoms with van der Waals surface area (Å²) in [7, 11) is 0. The number of nitrogens with zero attached hydrogens (tertiary/aromatic N) is 3. The number of aromatic nitrogens is 3. The van der Waals surface area contributed by atoms with Crippen molar-refractivity contribution in [3.05, 3.63) is 72.1 Å². The Kier molecular flexibility index (Phi) is 3.72. The van der Waals surface area contributed by atoms with E-state index < -0.39 is 0 Å². The predicted molar refractivity (Wildman–Crippen MR) is 95.0 cm³/mol. The fourth-order valence-corrected chi connectivity index (χ4v) is 3.20. The van der Waals surface area contributed by atoms with Gasteiger partial charge in [-0.05, 0) is 24.3 Å². The molecule has 4 aromatic rings. The SMILES string of the molecule is O=C(Nc1cccc2cccnc12)c1csc(-c2ccncc2)n1. The first kappa shape index (κ1) is 14.5. The molecule has 0 saturated heterocycles. The highest BCUT2D eigenvalue weighted by Crippen LogP contribution is 2.25. The van der Waals surface area contributed by atoms with Crippen LogP contribution in [0.2, 0.25) is 0 Å². The zero-order valence-corrected chi connectivity index (χ0v) is 13.3. The van der Waals surface area contributed by atoms with Crippen molar-refractivity contribution in [2.45, 2.75) is 0 Å². The van der Waals surface area contributed by atoms with Gasteiger partial charge in [-0.3, -0.25) is 14.8 Å². The summed E-state index contributed by atoms with van der Waals surface area (Å²) in [4.78, 5) is 25.2. The van der Waals surface area contributed by atoms with Crippen molar-refractivity contribution >= 4 is 33.8 Å². The first-order chi connectivity index (χ1) is 11.8. The number of pyridine rings is 2. The molecule has 3 aromatic heterocycles. The minimum absolute atomic E-state index is 0.246. The summed E-state index contributed by atoms with van der Waals surface area (Å²) in [5, 5.41) is 6.42. The van der Waals surface area contributed by atoms with Crippen molar-refractivity contribution in [1.82, 2.24) is 15.0 Å². The van der Waals surface area contributed by atoms with Crippen LogP contribution >= 0.6 is 11.3 Å². The van der Waals surface area contributed by atoms with Crippen LogP contribution in [-0.4, -0.2) is 20.9 Å². The van der Waals surface area contributed by atoms with Crippen molar-refractivity contribution in [3.8, 4) is 10.6 Å². The maximum absolute atomic E-state index is 12.5. The molecule has 0 atom stereocenters. The zero-order valence-electron chi connectivity index (χ0n) is 12.5. The second kappa shape index (κ2) is 6.17. The van der Waals surface area contributed by atoms with Gasteiger partial charge in [0.05, 0.1) is 11.2 Å². The number of carbonyl (C=O) groups is 1. The van der Waals surface area contributed by atoms with E-state index >= 15 is 0 Å². The number of hydrogen-bond donors (Lipinski definition) is 1. The van der Waals surface area contributed by atoms with Crippen LogP contribution in [0.25, 0.3) is 21.5 Å². The number of para-hydroxylation sites is 1. The Labute approximate surface area is 142 Å². The second-order valence-electron chi connectivity index (χ2n) is 5.11. The molecule has 0 spiro atoms.